The monoisotopic (exact) mass is 418 g/mol. The van der Waals surface area contributed by atoms with Gasteiger partial charge >= 0.3 is 6.18 Å². The fraction of sp³-hybridized carbons (Fsp3) is 0.348. The predicted molar refractivity (Wildman–Crippen MR) is 112 cm³/mol. The summed E-state index contributed by atoms with van der Waals surface area (Å²) in [7, 11) is 3.81. The highest BCUT2D eigenvalue weighted by atomic mass is 19.4. The van der Waals surface area contributed by atoms with E-state index in [-0.39, 0.29) is 5.56 Å². The van der Waals surface area contributed by atoms with Crippen molar-refractivity contribution in [2.24, 2.45) is 0 Å². The van der Waals surface area contributed by atoms with Crippen molar-refractivity contribution in [3.05, 3.63) is 81.1 Å². The van der Waals surface area contributed by atoms with Crippen molar-refractivity contribution < 1.29 is 17.9 Å². The highest BCUT2D eigenvalue weighted by molar-refractivity contribution is 5.80. The molecule has 0 aliphatic carbocycles. The number of H-pyrrole nitrogens is 1. The number of benzene rings is 2. The van der Waals surface area contributed by atoms with Crippen LogP contribution in [0.1, 0.15) is 35.3 Å². The number of aromatic amines is 1. The first-order valence-corrected chi connectivity index (χ1v) is 9.78. The van der Waals surface area contributed by atoms with Crippen molar-refractivity contribution in [2.75, 3.05) is 27.2 Å². The standard InChI is InChI=1S/C23H25F3N2O2/c1-4-15-12-18-13-17(8-9-20(18)27-22(15)29)21(30-11-10-28(2)3)16-6-5-7-19(14-16)23(24,25)26/h5-9,12-14,21H,4,10-11H2,1-3H3,(H,27,29). The molecule has 1 heterocycles. The van der Waals surface area contributed by atoms with Gasteiger partial charge in [-0.25, -0.2) is 0 Å². The molecule has 4 nitrogen and oxygen atoms in total. The van der Waals surface area contributed by atoms with Crippen molar-refractivity contribution in [3.8, 4) is 0 Å². The zero-order valence-corrected chi connectivity index (χ0v) is 17.2. The maximum Gasteiger partial charge on any atom is 0.416 e. The van der Waals surface area contributed by atoms with Gasteiger partial charge < -0.3 is 14.6 Å². The molecule has 1 atom stereocenters. The van der Waals surface area contributed by atoms with Gasteiger partial charge in [-0.3, -0.25) is 4.79 Å². The Balaban J connectivity index is 2.06. The summed E-state index contributed by atoms with van der Waals surface area (Å²) in [5.74, 6) is 0. The van der Waals surface area contributed by atoms with Gasteiger partial charge in [-0.15, -0.1) is 0 Å². The van der Waals surface area contributed by atoms with E-state index in [1.807, 2.05) is 38.1 Å². The molecule has 0 spiro atoms. The average Bonchev–Trinajstić information content (AvgIpc) is 2.70. The summed E-state index contributed by atoms with van der Waals surface area (Å²) in [6.07, 6.45) is -4.50. The van der Waals surface area contributed by atoms with Gasteiger partial charge in [0.05, 0.1) is 12.2 Å². The second kappa shape index (κ2) is 9.02. The van der Waals surface area contributed by atoms with Crippen LogP contribution in [0.15, 0.2) is 53.3 Å². The lowest BCUT2D eigenvalue weighted by Gasteiger charge is -2.22. The Labute approximate surface area is 173 Å². The van der Waals surface area contributed by atoms with Gasteiger partial charge in [0.25, 0.3) is 5.56 Å². The van der Waals surface area contributed by atoms with Crippen molar-refractivity contribution >= 4 is 10.9 Å². The number of pyridine rings is 1. The minimum Gasteiger partial charge on any atom is -0.367 e. The fourth-order valence-electron chi connectivity index (χ4n) is 3.31. The molecule has 0 bridgehead atoms. The Hall–Kier alpha value is -2.64. The number of nitrogens with zero attached hydrogens (tertiary/aromatic N) is 1. The van der Waals surface area contributed by atoms with Crippen LogP contribution in [-0.2, 0) is 17.3 Å². The van der Waals surface area contributed by atoms with Gasteiger partial charge in [0.1, 0.15) is 6.10 Å². The lowest BCUT2D eigenvalue weighted by atomic mass is 9.97. The molecule has 0 aliphatic heterocycles. The summed E-state index contributed by atoms with van der Waals surface area (Å²) in [5.41, 5.74) is 1.66. The van der Waals surface area contributed by atoms with Gasteiger partial charge in [0.2, 0.25) is 0 Å². The maximum atomic E-state index is 13.2. The van der Waals surface area contributed by atoms with E-state index in [4.69, 9.17) is 4.74 Å². The number of aromatic nitrogens is 1. The number of hydrogen-bond acceptors (Lipinski definition) is 3. The summed E-state index contributed by atoms with van der Waals surface area (Å²) >= 11 is 0. The number of hydrogen-bond donors (Lipinski definition) is 1. The number of likely N-dealkylation sites (N-methyl/N-ethyl adjacent to an activating group) is 1. The summed E-state index contributed by atoms with van der Waals surface area (Å²) in [5, 5.41) is 0.817. The van der Waals surface area contributed by atoms with Crippen LogP contribution in [0.2, 0.25) is 0 Å². The molecule has 3 aromatic rings. The first kappa shape index (κ1) is 22.1. The molecule has 0 fully saturated rings. The largest absolute Gasteiger partial charge is 0.416 e. The van der Waals surface area contributed by atoms with E-state index in [9.17, 15) is 18.0 Å². The smallest absolute Gasteiger partial charge is 0.367 e. The van der Waals surface area contributed by atoms with Gasteiger partial charge in [-0.1, -0.05) is 25.1 Å². The van der Waals surface area contributed by atoms with Crippen LogP contribution in [0.5, 0.6) is 0 Å². The average molecular weight is 418 g/mol. The Kier molecular flexibility index (Phi) is 6.63. The molecule has 1 unspecified atom stereocenters. The molecule has 0 aliphatic rings. The first-order valence-electron chi connectivity index (χ1n) is 9.78. The number of fused-ring (bicyclic) bond motifs is 1. The van der Waals surface area contributed by atoms with Crippen LogP contribution in [-0.4, -0.2) is 37.1 Å². The number of aryl methyl sites for hydroxylation is 1. The van der Waals surface area contributed by atoms with Crippen molar-refractivity contribution in [2.45, 2.75) is 25.6 Å². The Morgan fingerprint density at radius 3 is 2.47 bits per heavy atom. The van der Waals surface area contributed by atoms with Crippen molar-refractivity contribution in [1.82, 2.24) is 9.88 Å². The molecule has 2 aromatic carbocycles. The van der Waals surface area contributed by atoms with E-state index in [2.05, 4.69) is 4.98 Å². The molecule has 0 saturated carbocycles. The second-order valence-corrected chi connectivity index (χ2v) is 7.50. The zero-order valence-electron chi connectivity index (χ0n) is 17.2. The minimum atomic E-state index is -4.43. The lowest BCUT2D eigenvalue weighted by molar-refractivity contribution is -0.137. The molecular formula is C23H25F3N2O2. The van der Waals surface area contributed by atoms with Gasteiger partial charge in [0, 0.05) is 17.6 Å². The number of rotatable bonds is 7. The van der Waals surface area contributed by atoms with Crippen LogP contribution >= 0.6 is 0 Å². The molecular weight excluding hydrogens is 393 g/mol. The van der Waals surface area contributed by atoms with Crippen LogP contribution < -0.4 is 5.56 Å². The normalized spacial score (nSPS) is 13.2. The predicted octanol–water partition coefficient (Wildman–Crippen LogP) is 4.78. The minimum absolute atomic E-state index is 0.130. The third-order valence-corrected chi connectivity index (χ3v) is 4.97. The highest BCUT2D eigenvalue weighted by Crippen LogP contribution is 2.34. The highest BCUT2D eigenvalue weighted by Gasteiger charge is 2.31. The van der Waals surface area contributed by atoms with E-state index in [1.54, 1.807) is 18.2 Å². The molecule has 0 amide bonds. The molecule has 3 rings (SSSR count). The number of ether oxygens (including phenoxy) is 1. The third kappa shape index (κ3) is 5.09. The zero-order chi connectivity index (χ0) is 21.9. The third-order valence-electron chi connectivity index (χ3n) is 4.97. The Bertz CT molecular complexity index is 1070. The van der Waals surface area contributed by atoms with Crippen LogP contribution in [0, 0.1) is 0 Å². The SMILES string of the molecule is CCc1cc2cc(C(OCCN(C)C)c3cccc(C(F)(F)F)c3)ccc2[nH]c1=O. The summed E-state index contributed by atoms with van der Waals surface area (Å²) in [6, 6.07) is 12.5. The van der Waals surface area contributed by atoms with E-state index in [1.165, 1.54) is 6.07 Å². The summed E-state index contributed by atoms with van der Waals surface area (Å²) < 4.78 is 45.8. The van der Waals surface area contributed by atoms with Crippen molar-refractivity contribution in [3.63, 3.8) is 0 Å². The molecule has 7 heteroatoms. The van der Waals surface area contributed by atoms with Crippen molar-refractivity contribution in [1.29, 1.82) is 0 Å². The first-order chi connectivity index (χ1) is 14.2. The van der Waals surface area contributed by atoms with Crippen LogP contribution in [0.3, 0.4) is 0 Å². The maximum absolute atomic E-state index is 13.2. The molecule has 30 heavy (non-hydrogen) atoms. The van der Waals surface area contributed by atoms with Gasteiger partial charge in [0.15, 0.2) is 0 Å². The molecule has 0 saturated heterocycles. The number of nitrogens with one attached hydrogen (secondary N) is 1. The molecule has 160 valence electrons. The molecule has 1 aromatic heterocycles. The Morgan fingerprint density at radius 1 is 1.07 bits per heavy atom. The molecule has 0 radical (unpaired) electrons. The van der Waals surface area contributed by atoms with Gasteiger partial charge in [-0.05, 0) is 67.4 Å². The van der Waals surface area contributed by atoms with E-state index >= 15 is 0 Å². The second-order valence-electron chi connectivity index (χ2n) is 7.50. The lowest BCUT2D eigenvalue weighted by Crippen LogP contribution is -2.20. The number of halogens is 3. The fourth-order valence-corrected chi connectivity index (χ4v) is 3.31. The van der Waals surface area contributed by atoms with E-state index in [0.29, 0.717) is 36.2 Å². The number of alkyl halides is 3. The summed E-state index contributed by atoms with van der Waals surface area (Å²) in [6.45, 7) is 2.89. The van der Waals surface area contributed by atoms with Gasteiger partial charge in [-0.2, -0.15) is 13.2 Å². The summed E-state index contributed by atoms with van der Waals surface area (Å²) in [4.78, 5) is 16.8. The van der Waals surface area contributed by atoms with E-state index in [0.717, 1.165) is 23.1 Å². The topological polar surface area (TPSA) is 45.3 Å². The quantitative estimate of drug-likeness (QED) is 0.601. The van der Waals surface area contributed by atoms with E-state index < -0.39 is 17.8 Å². The Morgan fingerprint density at radius 2 is 1.80 bits per heavy atom. The van der Waals surface area contributed by atoms with Crippen LogP contribution in [0.25, 0.3) is 10.9 Å². The molecule has 1 N–H and O–H groups in total. The van der Waals surface area contributed by atoms with Crippen LogP contribution in [0.4, 0.5) is 13.2 Å².